The molecule has 1 aromatic rings. The topological polar surface area (TPSA) is 62.3 Å². The standard InChI is InChI=1S/C13H18ClN3O2/c1-8(2)10-5-9(6-11(14)16-10)13(19)17(4)7-12(18)15-3/h5-6,8H,7H2,1-4H3,(H,15,18). The molecule has 0 bridgehead atoms. The van der Waals surface area contributed by atoms with Crippen LogP contribution in [-0.2, 0) is 4.79 Å². The van der Waals surface area contributed by atoms with Gasteiger partial charge in [0.05, 0.1) is 6.54 Å². The van der Waals surface area contributed by atoms with Crippen molar-refractivity contribution in [1.29, 1.82) is 0 Å². The lowest BCUT2D eigenvalue weighted by Crippen LogP contribution is -2.36. The molecule has 104 valence electrons. The maximum atomic E-state index is 12.2. The van der Waals surface area contributed by atoms with Crippen LogP contribution in [0, 0.1) is 0 Å². The van der Waals surface area contributed by atoms with E-state index in [0.717, 1.165) is 5.69 Å². The van der Waals surface area contributed by atoms with Crippen LogP contribution < -0.4 is 5.32 Å². The molecular weight excluding hydrogens is 266 g/mol. The van der Waals surface area contributed by atoms with Crippen LogP contribution in [0.25, 0.3) is 0 Å². The molecule has 6 heteroatoms. The number of aromatic nitrogens is 1. The summed E-state index contributed by atoms with van der Waals surface area (Å²) < 4.78 is 0. The van der Waals surface area contributed by atoms with Crippen LogP contribution in [0.1, 0.15) is 35.8 Å². The van der Waals surface area contributed by atoms with E-state index in [1.807, 2.05) is 13.8 Å². The largest absolute Gasteiger partial charge is 0.358 e. The fourth-order valence-electron chi connectivity index (χ4n) is 1.52. The van der Waals surface area contributed by atoms with Gasteiger partial charge >= 0.3 is 0 Å². The predicted molar refractivity (Wildman–Crippen MR) is 74.4 cm³/mol. The summed E-state index contributed by atoms with van der Waals surface area (Å²) in [6.45, 7) is 3.95. The second-order valence-electron chi connectivity index (χ2n) is 4.59. The van der Waals surface area contributed by atoms with Gasteiger partial charge in [0, 0.05) is 25.4 Å². The van der Waals surface area contributed by atoms with Crippen molar-refractivity contribution in [3.63, 3.8) is 0 Å². The minimum atomic E-state index is -0.255. The number of carbonyl (C=O) groups excluding carboxylic acids is 2. The Balaban J connectivity index is 2.96. The number of nitrogens with one attached hydrogen (secondary N) is 1. The lowest BCUT2D eigenvalue weighted by Gasteiger charge is -2.17. The molecule has 0 spiro atoms. The summed E-state index contributed by atoms with van der Waals surface area (Å²) in [5.41, 5.74) is 1.19. The zero-order chi connectivity index (χ0) is 14.6. The van der Waals surface area contributed by atoms with Gasteiger partial charge in [-0.05, 0) is 18.1 Å². The van der Waals surface area contributed by atoms with Gasteiger partial charge < -0.3 is 10.2 Å². The minimum absolute atomic E-state index is 0.00624. The van der Waals surface area contributed by atoms with Crippen LogP contribution in [0.2, 0.25) is 5.15 Å². The van der Waals surface area contributed by atoms with Crippen molar-refractivity contribution in [2.45, 2.75) is 19.8 Å². The van der Waals surface area contributed by atoms with Gasteiger partial charge in [-0.3, -0.25) is 9.59 Å². The van der Waals surface area contributed by atoms with Crippen LogP contribution in [0.15, 0.2) is 12.1 Å². The summed E-state index contributed by atoms with van der Waals surface area (Å²) in [4.78, 5) is 28.9. The number of hydrogen-bond donors (Lipinski definition) is 1. The molecule has 5 nitrogen and oxygen atoms in total. The third-order valence-electron chi connectivity index (χ3n) is 2.66. The fraction of sp³-hybridized carbons (Fsp3) is 0.462. The van der Waals surface area contributed by atoms with E-state index < -0.39 is 0 Å². The quantitative estimate of drug-likeness (QED) is 0.855. The smallest absolute Gasteiger partial charge is 0.254 e. The number of halogens is 1. The monoisotopic (exact) mass is 283 g/mol. The molecule has 0 saturated carbocycles. The molecule has 0 fully saturated rings. The van der Waals surface area contributed by atoms with E-state index in [9.17, 15) is 9.59 Å². The highest BCUT2D eigenvalue weighted by Crippen LogP contribution is 2.18. The normalized spacial score (nSPS) is 10.4. The highest BCUT2D eigenvalue weighted by Gasteiger charge is 2.16. The van der Waals surface area contributed by atoms with Crippen molar-refractivity contribution in [2.75, 3.05) is 20.6 Å². The van der Waals surface area contributed by atoms with Gasteiger partial charge in [0.2, 0.25) is 5.91 Å². The SMILES string of the molecule is CNC(=O)CN(C)C(=O)c1cc(Cl)nc(C(C)C)c1. The molecule has 0 aliphatic heterocycles. The van der Waals surface area contributed by atoms with Crippen molar-refractivity contribution in [3.8, 4) is 0 Å². The average molecular weight is 284 g/mol. The Morgan fingerprint density at radius 1 is 1.42 bits per heavy atom. The molecule has 0 atom stereocenters. The Kier molecular flexibility index (Phi) is 5.30. The Morgan fingerprint density at radius 2 is 2.05 bits per heavy atom. The molecule has 0 aromatic carbocycles. The third kappa shape index (κ3) is 4.21. The number of nitrogens with zero attached hydrogens (tertiary/aromatic N) is 2. The third-order valence-corrected chi connectivity index (χ3v) is 2.85. The van der Waals surface area contributed by atoms with Gasteiger partial charge in [0.15, 0.2) is 0 Å². The molecule has 1 N–H and O–H groups in total. The molecular formula is C13H18ClN3O2. The Morgan fingerprint density at radius 3 is 2.58 bits per heavy atom. The lowest BCUT2D eigenvalue weighted by atomic mass is 10.1. The van der Waals surface area contributed by atoms with Crippen molar-refractivity contribution in [2.24, 2.45) is 0 Å². The van der Waals surface area contributed by atoms with Gasteiger partial charge in [-0.25, -0.2) is 4.98 Å². The number of pyridine rings is 1. The highest BCUT2D eigenvalue weighted by molar-refractivity contribution is 6.29. The van der Waals surface area contributed by atoms with Gasteiger partial charge in [-0.2, -0.15) is 0 Å². The van der Waals surface area contributed by atoms with Crippen molar-refractivity contribution in [1.82, 2.24) is 15.2 Å². The highest BCUT2D eigenvalue weighted by atomic mass is 35.5. The summed E-state index contributed by atoms with van der Waals surface area (Å²) in [7, 11) is 3.10. The van der Waals surface area contributed by atoms with Crippen molar-refractivity contribution >= 4 is 23.4 Å². The minimum Gasteiger partial charge on any atom is -0.358 e. The number of likely N-dealkylation sites (N-methyl/N-ethyl adjacent to an activating group) is 2. The van der Waals surface area contributed by atoms with Gasteiger partial charge in [0.1, 0.15) is 5.15 Å². The molecule has 0 aliphatic rings. The molecule has 1 rings (SSSR count). The molecule has 0 saturated heterocycles. The summed E-state index contributed by atoms with van der Waals surface area (Å²) in [5, 5.41) is 2.75. The Hall–Kier alpha value is -1.62. The Labute approximate surface area is 118 Å². The summed E-state index contributed by atoms with van der Waals surface area (Å²) in [6.07, 6.45) is 0. The number of rotatable bonds is 4. The van der Waals surface area contributed by atoms with Gasteiger partial charge in [-0.15, -0.1) is 0 Å². The van der Waals surface area contributed by atoms with Crippen LogP contribution in [0.5, 0.6) is 0 Å². The first-order valence-corrected chi connectivity index (χ1v) is 6.36. The van der Waals surface area contributed by atoms with E-state index >= 15 is 0 Å². The zero-order valence-corrected chi connectivity index (χ0v) is 12.3. The van der Waals surface area contributed by atoms with E-state index in [0.29, 0.717) is 5.56 Å². The second kappa shape index (κ2) is 6.52. The maximum Gasteiger partial charge on any atom is 0.254 e. The number of amides is 2. The van der Waals surface area contributed by atoms with E-state index in [4.69, 9.17) is 11.6 Å². The predicted octanol–water partition coefficient (Wildman–Crippen LogP) is 1.68. The number of hydrogen-bond acceptors (Lipinski definition) is 3. The van der Waals surface area contributed by atoms with E-state index in [1.54, 1.807) is 13.1 Å². The zero-order valence-electron chi connectivity index (χ0n) is 11.5. The first kappa shape index (κ1) is 15.4. The summed E-state index contributed by atoms with van der Waals surface area (Å²) in [6, 6.07) is 3.22. The lowest BCUT2D eigenvalue weighted by molar-refractivity contribution is -0.121. The van der Waals surface area contributed by atoms with Crippen LogP contribution in [0.4, 0.5) is 0 Å². The van der Waals surface area contributed by atoms with Crippen LogP contribution in [-0.4, -0.2) is 42.3 Å². The van der Waals surface area contributed by atoms with Crippen molar-refractivity contribution in [3.05, 3.63) is 28.5 Å². The second-order valence-corrected chi connectivity index (χ2v) is 4.98. The Bertz CT molecular complexity index is 489. The molecule has 0 unspecified atom stereocenters. The molecule has 0 aliphatic carbocycles. The molecule has 2 amide bonds. The van der Waals surface area contributed by atoms with Crippen LogP contribution in [0.3, 0.4) is 0 Å². The summed E-state index contributed by atoms with van der Waals surface area (Å²) in [5.74, 6) is -0.301. The van der Waals surface area contributed by atoms with E-state index in [2.05, 4.69) is 10.3 Å². The fourth-order valence-corrected chi connectivity index (χ4v) is 1.74. The molecule has 1 heterocycles. The van der Waals surface area contributed by atoms with E-state index in [1.165, 1.54) is 18.0 Å². The molecule has 0 radical (unpaired) electrons. The summed E-state index contributed by atoms with van der Waals surface area (Å²) >= 11 is 5.91. The van der Waals surface area contributed by atoms with Gasteiger partial charge in [-0.1, -0.05) is 25.4 Å². The average Bonchev–Trinajstić information content (AvgIpc) is 2.36. The molecule has 19 heavy (non-hydrogen) atoms. The van der Waals surface area contributed by atoms with Crippen LogP contribution >= 0.6 is 11.6 Å². The molecule has 1 aromatic heterocycles. The first-order chi connectivity index (χ1) is 8.85. The maximum absolute atomic E-state index is 12.2. The first-order valence-electron chi connectivity index (χ1n) is 5.98. The van der Waals surface area contributed by atoms with Gasteiger partial charge in [0.25, 0.3) is 5.91 Å². The number of carbonyl (C=O) groups is 2. The van der Waals surface area contributed by atoms with E-state index in [-0.39, 0.29) is 29.4 Å². The van der Waals surface area contributed by atoms with Crippen molar-refractivity contribution < 1.29 is 9.59 Å².